The number of hydrogen-bond acceptors (Lipinski definition) is 5. The quantitative estimate of drug-likeness (QED) is 0.164. The normalized spacial score (nSPS) is 10.9. The molecular weight excluding hydrogens is 545 g/mol. The van der Waals surface area contributed by atoms with Crippen molar-refractivity contribution in [3.05, 3.63) is 95.8 Å². The third kappa shape index (κ3) is 6.70. The van der Waals surface area contributed by atoms with Gasteiger partial charge < -0.3 is 24.8 Å². The molecule has 0 bridgehead atoms. The molecule has 4 rings (SSSR count). The molecule has 0 atom stereocenters. The standard InChI is InChI=1S/C25H25N5O3.HI/c1-17-8-10-19(11-9-17)24-30-21(16-33-24)15-28-25(26-2)27-14-18-5-3-6-20(13-18)29-23(31)22-7-4-12-32-22;/h3-13,16H,14-15H2,1-2H3,(H,29,31)(H2,26,27,28);1H. The maximum Gasteiger partial charge on any atom is 0.291 e. The van der Waals surface area contributed by atoms with Crippen LogP contribution in [-0.2, 0) is 13.1 Å². The zero-order valence-corrected chi connectivity index (χ0v) is 21.2. The fraction of sp³-hybridized carbons (Fsp3) is 0.160. The molecule has 34 heavy (non-hydrogen) atoms. The third-order valence-corrected chi connectivity index (χ3v) is 4.90. The first-order chi connectivity index (χ1) is 16.1. The van der Waals surface area contributed by atoms with Crippen molar-refractivity contribution >= 4 is 41.5 Å². The number of oxazole rings is 1. The van der Waals surface area contributed by atoms with Crippen molar-refractivity contribution in [3.63, 3.8) is 0 Å². The number of nitrogens with zero attached hydrogens (tertiary/aromatic N) is 2. The highest BCUT2D eigenvalue weighted by molar-refractivity contribution is 14.0. The van der Waals surface area contributed by atoms with Gasteiger partial charge in [0.1, 0.15) is 6.26 Å². The lowest BCUT2D eigenvalue weighted by Gasteiger charge is -2.12. The molecule has 0 saturated carbocycles. The van der Waals surface area contributed by atoms with E-state index >= 15 is 0 Å². The second-order valence-corrected chi connectivity index (χ2v) is 7.42. The smallest absolute Gasteiger partial charge is 0.291 e. The van der Waals surface area contributed by atoms with Crippen LogP contribution >= 0.6 is 24.0 Å². The van der Waals surface area contributed by atoms with Gasteiger partial charge in [-0.2, -0.15) is 0 Å². The Kier molecular flexibility index (Phi) is 8.86. The van der Waals surface area contributed by atoms with E-state index in [1.807, 2.05) is 55.5 Å². The molecule has 2 aromatic carbocycles. The number of anilines is 1. The van der Waals surface area contributed by atoms with Crippen LogP contribution in [0, 0.1) is 6.92 Å². The van der Waals surface area contributed by atoms with E-state index in [-0.39, 0.29) is 35.6 Å². The molecule has 0 aliphatic rings. The van der Waals surface area contributed by atoms with Crippen molar-refractivity contribution in [2.45, 2.75) is 20.0 Å². The minimum atomic E-state index is -0.291. The van der Waals surface area contributed by atoms with Crippen LogP contribution in [0.25, 0.3) is 11.5 Å². The number of rotatable bonds is 7. The zero-order valence-electron chi connectivity index (χ0n) is 18.9. The number of guanidine groups is 1. The van der Waals surface area contributed by atoms with Gasteiger partial charge in [-0.3, -0.25) is 9.79 Å². The van der Waals surface area contributed by atoms with E-state index in [9.17, 15) is 4.79 Å². The summed E-state index contributed by atoms with van der Waals surface area (Å²) < 4.78 is 10.7. The predicted octanol–water partition coefficient (Wildman–Crippen LogP) is 4.98. The fourth-order valence-corrected chi connectivity index (χ4v) is 3.16. The molecule has 0 spiro atoms. The Hall–Kier alpha value is -3.60. The van der Waals surface area contributed by atoms with Crippen LogP contribution in [0.2, 0.25) is 0 Å². The molecular formula is C25H26IN5O3. The number of aliphatic imine (C=N–C) groups is 1. The van der Waals surface area contributed by atoms with Gasteiger partial charge in [0.25, 0.3) is 5.91 Å². The van der Waals surface area contributed by atoms with Gasteiger partial charge in [0.15, 0.2) is 11.7 Å². The van der Waals surface area contributed by atoms with Crippen LogP contribution in [0.3, 0.4) is 0 Å². The van der Waals surface area contributed by atoms with E-state index in [0.29, 0.717) is 30.6 Å². The lowest BCUT2D eigenvalue weighted by atomic mass is 10.1. The van der Waals surface area contributed by atoms with Crippen molar-refractivity contribution in [3.8, 4) is 11.5 Å². The number of furan rings is 1. The van der Waals surface area contributed by atoms with Crippen molar-refractivity contribution in [1.82, 2.24) is 15.6 Å². The fourth-order valence-electron chi connectivity index (χ4n) is 3.16. The number of benzene rings is 2. The molecule has 0 saturated heterocycles. The molecule has 1 amide bonds. The molecule has 4 aromatic rings. The molecule has 0 aliphatic heterocycles. The van der Waals surface area contributed by atoms with Crippen LogP contribution < -0.4 is 16.0 Å². The van der Waals surface area contributed by atoms with Gasteiger partial charge >= 0.3 is 0 Å². The van der Waals surface area contributed by atoms with Crippen molar-refractivity contribution in [2.24, 2.45) is 4.99 Å². The number of amides is 1. The van der Waals surface area contributed by atoms with E-state index in [4.69, 9.17) is 8.83 Å². The van der Waals surface area contributed by atoms with E-state index in [2.05, 4.69) is 25.9 Å². The number of hydrogen-bond donors (Lipinski definition) is 3. The molecule has 8 nitrogen and oxygen atoms in total. The maximum absolute atomic E-state index is 12.2. The van der Waals surface area contributed by atoms with Gasteiger partial charge in [-0.05, 0) is 48.9 Å². The van der Waals surface area contributed by atoms with Crippen molar-refractivity contribution in [2.75, 3.05) is 12.4 Å². The summed E-state index contributed by atoms with van der Waals surface area (Å²) in [6, 6.07) is 18.9. The second-order valence-electron chi connectivity index (χ2n) is 7.42. The molecule has 176 valence electrons. The first-order valence-electron chi connectivity index (χ1n) is 10.5. The Balaban J connectivity index is 0.00000324. The van der Waals surface area contributed by atoms with Crippen LogP contribution in [0.5, 0.6) is 0 Å². The lowest BCUT2D eigenvalue weighted by molar-refractivity contribution is 0.0996. The summed E-state index contributed by atoms with van der Waals surface area (Å²) in [7, 11) is 1.70. The largest absolute Gasteiger partial charge is 0.459 e. The number of carbonyl (C=O) groups excluding carboxylic acids is 1. The van der Waals surface area contributed by atoms with Crippen molar-refractivity contribution in [1.29, 1.82) is 0 Å². The number of carbonyl (C=O) groups is 1. The predicted molar refractivity (Wildman–Crippen MR) is 142 cm³/mol. The van der Waals surface area contributed by atoms with Gasteiger partial charge in [0.05, 0.1) is 18.5 Å². The van der Waals surface area contributed by atoms with Crippen LogP contribution in [0.15, 0.2) is 87.0 Å². The highest BCUT2D eigenvalue weighted by Crippen LogP contribution is 2.19. The zero-order chi connectivity index (χ0) is 23.0. The van der Waals surface area contributed by atoms with Crippen LogP contribution in [0.1, 0.15) is 27.4 Å². The second kappa shape index (κ2) is 12.0. The monoisotopic (exact) mass is 571 g/mol. The maximum atomic E-state index is 12.2. The van der Waals surface area contributed by atoms with Gasteiger partial charge in [-0.1, -0.05) is 29.8 Å². The topological polar surface area (TPSA) is 105 Å². The van der Waals surface area contributed by atoms with E-state index in [1.165, 1.54) is 11.8 Å². The summed E-state index contributed by atoms with van der Waals surface area (Å²) in [5.74, 6) is 1.18. The summed E-state index contributed by atoms with van der Waals surface area (Å²) >= 11 is 0. The summed E-state index contributed by atoms with van der Waals surface area (Å²) in [5.41, 5.74) is 4.57. The highest BCUT2D eigenvalue weighted by Gasteiger charge is 2.10. The Bertz CT molecular complexity index is 1230. The summed E-state index contributed by atoms with van der Waals surface area (Å²) in [4.78, 5) is 20.9. The average molecular weight is 571 g/mol. The molecule has 3 N–H and O–H groups in total. The van der Waals surface area contributed by atoms with E-state index in [0.717, 1.165) is 16.8 Å². The Morgan fingerprint density at radius 1 is 1.00 bits per heavy atom. The lowest BCUT2D eigenvalue weighted by Crippen LogP contribution is -2.36. The summed E-state index contributed by atoms with van der Waals surface area (Å²) in [5, 5.41) is 9.31. The Morgan fingerprint density at radius 3 is 2.53 bits per heavy atom. The van der Waals surface area contributed by atoms with Gasteiger partial charge in [-0.25, -0.2) is 4.98 Å². The molecule has 2 heterocycles. The van der Waals surface area contributed by atoms with E-state index in [1.54, 1.807) is 25.4 Å². The van der Waals surface area contributed by atoms with E-state index < -0.39 is 0 Å². The molecule has 2 aromatic heterocycles. The number of nitrogens with one attached hydrogen (secondary N) is 3. The minimum Gasteiger partial charge on any atom is -0.459 e. The molecule has 0 unspecified atom stereocenters. The first-order valence-corrected chi connectivity index (χ1v) is 10.5. The average Bonchev–Trinajstić information content (AvgIpc) is 3.53. The van der Waals surface area contributed by atoms with Gasteiger partial charge in [0.2, 0.25) is 5.89 Å². The third-order valence-electron chi connectivity index (χ3n) is 4.90. The Morgan fingerprint density at radius 2 is 1.79 bits per heavy atom. The summed E-state index contributed by atoms with van der Waals surface area (Å²) in [6.07, 6.45) is 3.11. The Labute approximate surface area is 214 Å². The van der Waals surface area contributed by atoms with Crippen LogP contribution in [-0.4, -0.2) is 23.9 Å². The molecule has 0 fully saturated rings. The van der Waals surface area contributed by atoms with Gasteiger partial charge in [-0.15, -0.1) is 24.0 Å². The summed E-state index contributed by atoms with van der Waals surface area (Å²) in [6.45, 7) is 3.03. The van der Waals surface area contributed by atoms with Crippen LogP contribution in [0.4, 0.5) is 5.69 Å². The molecule has 0 aliphatic carbocycles. The molecule has 0 radical (unpaired) electrons. The van der Waals surface area contributed by atoms with Gasteiger partial charge in [0, 0.05) is 24.8 Å². The number of halogens is 1. The molecule has 9 heteroatoms. The SMILES string of the molecule is CN=C(NCc1cccc(NC(=O)c2ccco2)c1)NCc1coc(-c2ccc(C)cc2)n1.I. The number of aromatic nitrogens is 1. The highest BCUT2D eigenvalue weighted by atomic mass is 127. The minimum absolute atomic E-state index is 0. The first kappa shape index (κ1) is 25.0. The number of aryl methyl sites for hydroxylation is 1. The van der Waals surface area contributed by atoms with Crippen molar-refractivity contribution < 1.29 is 13.6 Å².